The highest BCUT2D eigenvalue weighted by atomic mass is 16.5. The van der Waals surface area contributed by atoms with Crippen LogP contribution in [-0.4, -0.2) is 19.7 Å². The fraction of sp³-hybridized carbons (Fsp3) is 0.308. The second-order valence-corrected chi connectivity index (χ2v) is 3.31. The van der Waals surface area contributed by atoms with Crippen molar-refractivity contribution in [2.24, 2.45) is 0 Å². The Balaban J connectivity index is 2.86. The summed E-state index contributed by atoms with van der Waals surface area (Å²) in [5.41, 5.74) is 1.81. The molecular formula is C13H16O3. The first-order valence-electron chi connectivity index (χ1n) is 5.17. The molecule has 0 heterocycles. The van der Waals surface area contributed by atoms with Gasteiger partial charge < -0.3 is 9.47 Å². The van der Waals surface area contributed by atoms with E-state index in [0.717, 1.165) is 16.9 Å². The van der Waals surface area contributed by atoms with Crippen LogP contribution < -0.4 is 4.74 Å². The zero-order chi connectivity index (χ0) is 12.0. The highest BCUT2D eigenvalue weighted by Gasteiger charge is 2.01. The summed E-state index contributed by atoms with van der Waals surface area (Å²) in [5.74, 6) is 0.455. The number of rotatable bonds is 4. The average Bonchev–Trinajstić information content (AvgIpc) is 2.29. The Hall–Kier alpha value is -1.77. The first-order chi connectivity index (χ1) is 7.67. The zero-order valence-electron chi connectivity index (χ0n) is 9.82. The normalized spacial score (nSPS) is 11.1. The maximum absolute atomic E-state index is 11.3. The highest BCUT2D eigenvalue weighted by molar-refractivity contribution is 5.90. The molecule has 3 heteroatoms. The maximum atomic E-state index is 11.3. The molecule has 0 aliphatic carbocycles. The fourth-order valence-electron chi connectivity index (χ4n) is 1.31. The van der Waals surface area contributed by atoms with Crippen LogP contribution in [0.4, 0.5) is 0 Å². The molecule has 0 aliphatic heterocycles. The van der Waals surface area contributed by atoms with Gasteiger partial charge in [-0.2, -0.15) is 0 Å². The van der Waals surface area contributed by atoms with Gasteiger partial charge in [-0.15, -0.1) is 0 Å². The first kappa shape index (κ1) is 12.3. The molecule has 16 heavy (non-hydrogen) atoms. The zero-order valence-corrected chi connectivity index (χ0v) is 9.82. The largest absolute Gasteiger partial charge is 0.497 e. The lowest BCUT2D eigenvalue weighted by molar-refractivity contribution is -0.137. The summed E-state index contributed by atoms with van der Waals surface area (Å²) in [6, 6.07) is 7.55. The van der Waals surface area contributed by atoms with E-state index in [9.17, 15) is 4.79 Å². The van der Waals surface area contributed by atoms with Crippen LogP contribution >= 0.6 is 0 Å². The van der Waals surface area contributed by atoms with Gasteiger partial charge in [0.15, 0.2) is 0 Å². The van der Waals surface area contributed by atoms with E-state index in [4.69, 9.17) is 9.47 Å². The summed E-state index contributed by atoms with van der Waals surface area (Å²) >= 11 is 0. The third-order valence-corrected chi connectivity index (χ3v) is 2.15. The molecule has 0 unspecified atom stereocenters. The van der Waals surface area contributed by atoms with Crippen molar-refractivity contribution in [1.82, 2.24) is 0 Å². The van der Waals surface area contributed by atoms with Crippen molar-refractivity contribution in [3.05, 3.63) is 35.9 Å². The Kier molecular flexibility index (Phi) is 4.58. The van der Waals surface area contributed by atoms with Gasteiger partial charge in [0.1, 0.15) is 5.75 Å². The van der Waals surface area contributed by atoms with Crippen molar-refractivity contribution in [2.75, 3.05) is 13.7 Å². The van der Waals surface area contributed by atoms with Gasteiger partial charge in [-0.25, -0.2) is 4.79 Å². The van der Waals surface area contributed by atoms with Gasteiger partial charge in [0.2, 0.25) is 0 Å². The lowest BCUT2D eigenvalue weighted by Gasteiger charge is -2.04. The molecule has 1 rings (SSSR count). The third kappa shape index (κ3) is 3.42. The number of carbonyl (C=O) groups is 1. The second-order valence-electron chi connectivity index (χ2n) is 3.31. The maximum Gasteiger partial charge on any atom is 0.331 e. The number of esters is 1. The number of allylic oxidation sites excluding steroid dienone is 1. The number of hydrogen-bond acceptors (Lipinski definition) is 3. The third-order valence-electron chi connectivity index (χ3n) is 2.15. The van der Waals surface area contributed by atoms with Crippen LogP contribution in [0.1, 0.15) is 19.4 Å². The molecule has 86 valence electrons. The fourth-order valence-corrected chi connectivity index (χ4v) is 1.31. The predicted octanol–water partition coefficient (Wildman–Crippen LogP) is 2.66. The molecule has 1 aromatic carbocycles. The number of methoxy groups -OCH3 is 1. The number of carbonyl (C=O) groups excluding carboxylic acids is 1. The van der Waals surface area contributed by atoms with Crippen LogP contribution in [0.2, 0.25) is 0 Å². The average molecular weight is 220 g/mol. The summed E-state index contributed by atoms with van der Waals surface area (Å²) in [5, 5.41) is 0. The molecule has 0 amide bonds. The molecule has 0 atom stereocenters. The van der Waals surface area contributed by atoms with Crippen molar-refractivity contribution in [3.63, 3.8) is 0 Å². The van der Waals surface area contributed by atoms with Crippen LogP contribution in [0.25, 0.3) is 5.57 Å². The molecule has 0 bridgehead atoms. The Morgan fingerprint density at radius 1 is 1.44 bits per heavy atom. The molecule has 0 spiro atoms. The summed E-state index contributed by atoms with van der Waals surface area (Å²) in [7, 11) is 1.61. The Bertz CT molecular complexity index is 394. The van der Waals surface area contributed by atoms with E-state index in [-0.39, 0.29) is 5.97 Å². The summed E-state index contributed by atoms with van der Waals surface area (Å²) < 4.78 is 9.96. The van der Waals surface area contributed by atoms with Crippen LogP contribution in [0, 0.1) is 0 Å². The van der Waals surface area contributed by atoms with Crippen molar-refractivity contribution in [3.8, 4) is 5.75 Å². The lowest BCUT2D eigenvalue weighted by atomic mass is 10.1. The summed E-state index contributed by atoms with van der Waals surface area (Å²) in [6.07, 6.45) is 1.48. The predicted molar refractivity (Wildman–Crippen MR) is 63.3 cm³/mol. The van der Waals surface area contributed by atoms with Gasteiger partial charge in [0, 0.05) is 6.08 Å². The minimum absolute atomic E-state index is 0.317. The summed E-state index contributed by atoms with van der Waals surface area (Å²) in [4.78, 5) is 11.3. The van der Waals surface area contributed by atoms with Gasteiger partial charge in [-0.05, 0) is 37.1 Å². The van der Waals surface area contributed by atoms with E-state index >= 15 is 0 Å². The standard InChI is InChI=1S/C13H16O3/c1-4-16-13(14)8-10(2)11-6-5-7-12(9-11)15-3/h5-9H,4H2,1-3H3/b10-8+. The highest BCUT2D eigenvalue weighted by Crippen LogP contribution is 2.19. The van der Waals surface area contributed by atoms with Crippen molar-refractivity contribution < 1.29 is 14.3 Å². The van der Waals surface area contributed by atoms with Crippen molar-refractivity contribution >= 4 is 11.5 Å². The quantitative estimate of drug-likeness (QED) is 0.578. The monoisotopic (exact) mass is 220 g/mol. The molecule has 0 N–H and O–H groups in total. The van der Waals surface area contributed by atoms with Gasteiger partial charge in [-0.3, -0.25) is 0 Å². The second kappa shape index (κ2) is 5.95. The van der Waals surface area contributed by atoms with E-state index < -0.39 is 0 Å². The van der Waals surface area contributed by atoms with E-state index in [1.807, 2.05) is 31.2 Å². The van der Waals surface area contributed by atoms with Crippen LogP contribution in [-0.2, 0) is 9.53 Å². The summed E-state index contributed by atoms with van der Waals surface area (Å²) in [6.45, 7) is 4.04. The van der Waals surface area contributed by atoms with Gasteiger partial charge in [0.05, 0.1) is 13.7 Å². The first-order valence-corrected chi connectivity index (χ1v) is 5.17. The minimum atomic E-state index is -0.317. The number of benzene rings is 1. The SMILES string of the molecule is CCOC(=O)/C=C(\C)c1cccc(OC)c1. The van der Waals surface area contributed by atoms with E-state index in [0.29, 0.717) is 6.61 Å². The molecule has 0 aliphatic rings. The van der Waals surface area contributed by atoms with Gasteiger partial charge >= 0.3 is 5.97 Å². The van der Waals surface area contributed by atoms with E-state index in [2.05, 4.69) is 0 Å². The Labute approximate surface area is 95.7 Å². The smallest absolute Gasteiger partial charge is 0.331 e. The van der Waals surface area contributed by atoms with Crippen molar-refractivity contribution in [1.29, 1.82) is 0 Å². The molecule has 0 aromatic heterocycles. The molecule has 0 saturated carbocycles. The van der Waals surface area contributed by atoms with E-state index in [1.165, 1.54) is 6.08 Å². The Morgan fingerprint density at radius 2 is 2.19 bits per heavy atom. The van der Waals surface area contributed by atoms with Crippen LogP contribution in [0.3, 0.4) is 0 Å². The van der Waals surface area contributed by atoms with Crippen molar-refractivity contribution in [2.45, 2.75) is 13.8 Å². The van der Waals surface area contributed by atoms with E-state index in [1.54, 1.807) is 14.0 Å². The Morgan fingerprint density at radius 3 is 2.81 bits per heavy atom. The van der Waals surface area contributed by atoms with Crippen LogP contribution in [0.5, 0.6) is 5.75 Å². The van der Waals surface area contributed by atoms with Gasteiger partial charge in [0.25, 0.3) is 0 Å². The molecule has 3 nitrogen and oxygen atoms in total. The molecule has 0 radical (unpaired) electrons. The molecule has 0 saturated heterocycles. The topological polar surface area (TPSA) is 35.5 Å². The number of ether oxygens (including phenoxy) is 2. The number of hydrogen-bond donors (Lipinski definition) is 0. The molecular weight excluding hydrogens is 204 g/mol. The molecule has 1 aromatic rings. The lowest BCUT2D eigenvalue weighted by Crippen LogP contribution is -2.00. The molecule has 0 fully saturated rings. The van der Waals surface area contributed by atoms with Gasteiger partial charge in [-0.1, -0.05) is 12.1 Å². The minimum Gasteiger partial charge on any atom is -0.497 e. The van der Waals surface area contributed by atoms with Crippen LogP contribution in [0.15, 0.2) is 30.3 Å².